The van der Waals surface area contributed by atoms with E-state index < -0.39 is 5.56 Å². The summed E-state index contributed by atoms with van der Waals surface area (Å²) in [5, 5.41) is 8.97. The lowest BCUT2D eigenvalue weighted by Gasteiger charge is -2.14. The second-order valence-electron chi connectivity index (χ2n) is 3.75. The molecule has 1 amide bonds. The summed E-state index contributed by atoms with van der Waals surface area (Å²) in [5.41, 5.74) is 4.99. The van der Waals surface area contributed by atoms with Gasteiger partial charge in [-0.1, -0.05) is 0 Å². The van der Waals surface area contributed by atoms with Crippen LogP contribution < -0.4 is 16.2 Å². The van der Waals surface area contributed by atoms with Crippen molar-refractivity contribution in [3.05, 3.63) is 16.4 Å². The largest absolute Gasteiger partial charge is 0.396 e. The van der Waals surface area contributed by atoms with Gasteiger partial charge in [-0.05, 0) is 0 Å². The van der Waals surface area contributed by atoms with E-state index in [1.165, 1.54) is 11.0 Å². The Hall–Kier alpha value is -1.89. The van der Waals surface area contributed by atoms with Crippen LogP contribution in [0.5, 0.6) is 0 Å². The maximum Gasteiger partial charge on any atom is 0.254 e. The summed E-state index contributed by atoms with van der Waals surface area (Å²) in [6.45, 7) is 0.312. The summed E-state index contributed by atoms with van der Waals surface area (Å²) in [6, 6.07) is 1.22. The molecule has 0 radical (unpaired) electrons. The number of H-pyrrole nitrogens is 1. The van der Waals surface area contributed by atoms with Crippen molar-refractivity contribution in [2.75, 3.05) is 23.8 Å². The number of carbonyl (C=O) groups is 1. The van der Waals surface area contributed by atoms with E-state index >= 15 is 0 Å². The van der Waals surface area contributed by atoms with Crippen LogP contribution in [0.2, 0.25) is 0 Å². The molecule has 7 heteroatoms. The Bertz CT molecular complexity index is 470. The smallest absolute Gasteiger partial charge is 0.254 e. The van der Waals surface area contributed by atoms with E-state index in [-0.39, 0.29) is 36.6 Å². The zero-order valence-corrected chi connectivity index (χ0v) is 8.51. The zero-order chi connectivity index (χ0) is 11.7. The molecule has 1 atom stereocenters. The Labute approximate surface area is 90.9 Å². The van der Waals surface area contributed by atoms with Crippen LogP contribution in [0.4, 0.5) is 11.8 Å². The Balaban J connectivity index is 2.31. The summed E-state index contributed by atoms with van der Waals surface area (Å²) >= 11 is 0. The number of hydrogen-bond donors (Lipinski definition) is 3. The van der Waals surface area contributed by atoms with Crippen LogP contribution in [0.15, 0.2) is 10.9 Å². The minimum atomic E-state index is -0.400. The topological polar surface area (TPSA) is 112 Å². The lowest BCUT2D eigenvalue weighted by atomic mass is 10.1. The highest BCUT2D eigenvalue weighted by molar-refractivity contribution is 5.94. The SMILES string of the molecule is Nc1nc(N2CC(CO)CC2=O)cc(=O)[nH]1. The number of nitrogen functional groups attached to an aromatic ring is 1. The van der Waals surface area contributed by atoms with Crippen LogP contribution in [-0.4, -0.2) is 34.1 Å². The molecule has 1 unspecified atom stereocenters. The third-order valence-electron chi connectivity index (χ3n) is 2.49. The number of aliphatic hydroxyl groups is 1. The molecule has 1 aromatic rings. The van der Waals surface area contributed by atoms with E-state index in [2.05, 4.69) is 9.97 Å². The molecule has 2 rings (SSSR count). The molecule has 86 valence electrons. The second-order valence-corrected chi connectivity index (χ2v) is 3.75. The van der Waals surface area contributed by atoms with E-state index in [0.717, 1.165) is 0 Å². The van der Waals surface area contributed by atoms with Crippen molar-refractivity contribution in [3.63, 3.8) is 0 Å². The molecule has 1 fully saturated rings. The highest BCUT2D eigenvalue weighted by Crippen LogP contribution is 2.22. The van der Waals surface area contributed by atoms with Gasteiger partial charge in [0, 0.05) is 31.6 Å². The molecule has 4 N–H and O–H groups in total. The normalized spacial score (nSPS) is 20.4. The number of anilines is 2. The van der Waals surface area contributed by atoms with E-state index in [4.69, 9.17) is 10.8 Å². The molecule has 1 saturated heterocycles. The Morgan fingerprint density at radius 1 is 1.62 bits per heavy atom. The lowest BCUT2D eigenvalue weighted by molar-refractivity contribution is -0.117. The zero-order valence-electron chi connectivity index (χ0n) is 8.51. The van der Waals surface area contributed by atoms with Gasteiger partial charge >= 0.3 is 0 Å². The number of rotatable bonds is 2. The molecule has 16 heavy (non-hydrogen) atoms. The molecule has 2 heterocycles. The first-order chi connectivity index (χ1) is 7.60. The van der Waals surface area contributed by atoms with Crippen molar-refractivity contribution >= 4 is 17.7 Å². The molecule has 0 spiro atoms. The Kier molecular flexibility index (Phi) is 2.61. The van der Waals surface area contributed by atoms with Gasteiger partial charge in [0.05, 0.1) is 0 Å². The maximum absolute atomic E-state index is 11.6. The van der Waals surface area contributed by atoms with Crippen LogP contribution >= 0.6 is 0 Å². The number of hydrogen-bond acceptors (Lipinski definition) is 5. The van der Waals surface area contributed by atoms with E-state index in [9.17, 15) is 9.59 Å². The molecule has 1 aliphatic heterocycles. The second kappa shape index (κ2) is 3.93. The average molecular weight is 224 g/mol. The maximum atomic E-state index is 11.6. The quantitative estimate of drug-likeness (QED) is 0.577. The first-order valence-corrected chi connectivity index (χ1v) is 4.88. The fourth-order valence-corrected chi connectivity index (χ4v) is 1.73. The van der Waals surface area contributed by atoms with Crippen molar-refractivity contribution < 1.29 is 9.90 Å². The van der Waals surface area contributed by atoms with Crippen LogP contribution in [0.3, 0.4) is 0 Å². The number of aromatic amines is 1. The number of nitrogens with one attached hydrogen (secondary N) is 1. The Morgan fingerprint density at radius 3 is 2.94 bits per heavy atom. The number of amides is 1. The van der Waals surface area contributed by atoms with Gasteiger partial charge in [0.25, 0.3) is 5.56 Å². The fourth-order valence-electron chi connectivity index (χ4n) is 1.73. The highest BCUT2D eigenvalue weighted by Gasteiger charge is 2.31. The first kappa shape index (κ1) is 10.6. The van der Waals surface area contributed by atoms with Crippen molar-refractivity contribution in [3.8, 4) is 0 Å². The van der Waals surface area contributed by atoms with Gasteiger partial charge in [-0.3, -0.25) is 19.5 Å². The van der Waals surface area contributed by atoms with Gasteiger partial charge in [-0.25, -0.2) is 0 Å². The van der Waals surface area contributed by atoms with Crippen molar-refractivity contribution in [1.29, 1.82) is 0 Å². The molecular weight excluding hydrogens is 212 g/mol. The van der Waals surface area contributed by atoms with Crippen LogP contribution in [0.25, 0.3) is 0 Å². The van der Waals surface area contributed by atoms with Crippen molar-refractivity contribution in [2.45, 2.75) is 6.42 Å². The molecule has 0 aromatic carbocycles. The predicted molar refractivity (Wildman–Crippen MR) is 56.8 cm³/mol. The third kappa shape index (κ3) is 1.89. The molecule has 0 bridgehead atoms. The van der Waals surface area contributed by atoms with Gasteiger partial charge in [0.15, 0.2) is 0 Å². The average Bonchev–Trinajstić information content (AvgIpc) is 2.58. The highest BCUT2D eigenvalue weighted by atomic mass is 16.3. The molecule has 1 aliphatic rings. The molecule has 0 saturated carbocycles. The summed E-state index contributed by atoms with van der Waals surface area (Å²) in [6.07, 6.45) is 0.269. The van der Waals surface area contributed by atoms with Crippen LogP contribution in [0.1, 0.15) is 6.42 Å². The van der Waals surface area contributed by atoms with Gasteiger partial charge < -0.3 is 10.8 Å². The van der Waals surface area contributed by atoms with Gasteiger partial charge in [-0.2, -0.15) is 4.98 Å². The molecule has 0 aliphatic carbocycles. The molecular formula is C9H12N4O3. The number of carbonyl (C=O) groups excluding carboxylic acids is 1. The summed E-state index contributed by atoms with van der Waals surface area (Å²) in [4.78, 5) is 30.3. The van der Waals surface area contributed by atoms with Crippen molar-refractivity contribution in [2.24, 2.45) is 5.92 Å². The molecule has 7 nitrogen and oxygen atoms in total. The number of nitrogens with two attached hydrogens (primary N) is 1. The van der Waals surface area contributed by atoms with E-state index in [1.54, 1.807) is 0 Å². The standard InChI is InChI=1S/C9H12N4O3/c10-9-11-6(2-7(15)12-9)13-3-5(4-14)1-8(13)16/h2,5,14H,1,3-4H2,(H3,10,11,12,15). The number of aliphatic hydroxyl groups excluding tert-OH is 1. The van der Waals surface area contributed by atoms with Crippen LogP contribution in [0, 0.1) is 5.92 Å². The third-order valence-corrected chi connectivity index (χ3v) is 2.49. The predicted octanol–water partition coefficient (Wildman–Crippen LogP) is -1.30. The monoisotopic (exact) mass is 224 g/mol. The van der Waals surface area contributed by atoms with Gasteiger partial charge in [0.1, 0.15) is 5.82 Å². The first-order valence-electron chi connectivity index (χ1n) is 4.88. The van der Waals surface area contributed by atoms with E-state index in [0.29, 0.717) is 6.54 Å². The molecule has 1 aromatic heterocycles. The minimum Gasteiger partial charge on any atom is -0.396 e. The van der Waals surface area contributed by atoms with Crippen LogP contribution in [-0.2, 0) is 4.79 Å². The summed E-state index contributed by atoms with van der Waals surface area (Å²) in [7, 11) is 0. The summed E-state index contributed by atoms with van der Waals surface area (Å²) in [5.74, 6) is -0.0451. The van der Waals surface area contributed by atoms with Gasteiger partial charge in [0.2, 0.25) is 11.9 Å². The fraction of sp³-hybridized carbons (Fsp3) is 0.444. The van der Waals surface area contributed by atoms with Gasteiger partial charge in [-0.15, -0.1) is 0 Å². The van der Waals surface area contributed by atoms with Crippen molar-refractivity contribution in [1.82, 2.24) is 9.97 Å². The Morgan fingerprint density at radius 2 is 2.38 bits per heavy atom. The number of nitrogens with zero attached hydrogens (tertiary/aromatic N) is 2. The minimum absolute atomic E-state index is 0.0252. The lowest BCUT2D eigenvalue weighted by Crippen LogP contribution is -2.28. The summed E-state index contributed by atoms with van der Waals surface area (Å²) < 4.78 is 0. The number of aromatic nitrogens is 2. The van der Waals surface area contributed by atoms with E-state index in [1.807, 2.05) is 0 Å².